The highest BCUT2D eigenvalue weighted by molar-refractivity contribution is 8.18. The zero-order valence-electron chi connectivity index (χ0n) is 13.6. The Labute approximate surface area is 156 Å². The Morgan fingerprint density at radius 1 is 1.04 bits per heavy atom. The van der Waals surface area contributed by atoms with Gasteiger partial charge in [-0.3, -0.25) is 4.79 Å². The Morgan fingerprint density at radius 3 is 2.33 bits per heavy atom. The topological polar surface area (TPSA) is 17.1 Å². The lowest BCUT2D eigenvalue weighted by Gasteiger charge is -2.21. The summed E-state index contributed by atoms with van der Waals surface area (Å²) in [5, 5.41) is 0. The number of rotatable bonds is 5. The van der Waals surface area contributed by atoms with Crippen molar-refractivity contribution in [3.63, 3.8) is 0 Å². The Balaban J connectivity index is 1.94. The quantitative estimate of drug-likeness (QED) is 0.379. The van der Waals surface area contributed by atoms with Crippen molar-refractivity contribution in [3.8, 4) is 0 Å². The van der Waals surface area contributed by atoms with E-state index in [2.05, 4.69) is 30.5 Å². The first-order valence-corrected chi connectivity index (χ1v) is 11.3. The summed E-state index contributed by atoms with van der Waals surface area (Å²) in [5.41, 5.74) is 2.90. The number of hydrogen-bond acceptors (Lipinski definition) is 4. The number of Topliss-reactive ketones (excluding diaryl/α,β-unsaturated/α-hetero) is 1. The van der Waals surface area contributed by atoms with E-state index in [0.29, 0.717) is 0 Å². The first kappa shape index (κ1) is 17.7. The fourth-order valence-electron chi connectivity index (χ4n) is 2.55. The van der Waals surface area contributed by atoms with Gasteiger partial charge in [-0.2, -0.15) is 0 Å². The molecule has 0 bridgehead atoms. The van der Waals surface area contributed by atoms with Crippen LogP contribution in [0, 0.1) is 0 Å². The van der Waals surface area contributed by atoms with Crippen LogP contribution in [-0.2, 0) is 4.79 Å². The van der Waals surface area contributed by atoms with Crippen molar-refractivity contribution < 1.29 is 4.79 Å². The molecule has 0 N–H and O–H groups in total. The van der Waals surface area contributed by atoms with Crippen LogP contribution in [0.4, 0.5) is 0 Å². The van der Waals surface area contributed by atoms with Crippen molar-refractivity contribution >= 4 is 52.7 Å². The van der Waals surface area contributed by atoms with Crippen molar-refractivity contribution in [1.82, 2.24) is 0 Å². The van der Waals surface area contributed by atoms with Crippen molar-refractivity contribution in [2.45, 2.75) is 15.9 Å². The van der Waals surface area contributed by atoms with Gasteiger partial charge in [0.1, 0.15) is 4.58 Å². The number of benzene rings is 2. The third-order valence-electron chi connectivity index (χ3n) is 3.82. The van der Waals surface area contributed by atoms with Gasteiger partial charge in [-0.1, -0.05) is 42.5 Å². The Bertz CT molecular complexity index is 701. The zero-order chi connectivity index (χ0) is 16.8. The van der Waals surface area contributed by atoms with Crippen LogP contribution in [0.15, 0.2) is 59.5 Å². The molecule has 2 aromatic carbocycles. The van der Waals surface area contributed by atoms with E-state index in [4.69, 9.17) is 0 Å². The van der Waals surface area contributed by atoms with E-state index >= 15 is 0 Å². The summed E-state index contributed by atoms with van der Waals surface area (Å²) in [4.78, 5) is 14.3. The Hall–Kier alpha value is -1.10. The molecule has 0 amide bonds. The minimum absolute atomic E-state index is 0.0238. The van der Waals surface area contributed by atoms with E-state index in [1.165, 1.54) is 11.3 Å². The first-order valence-electron chi connectivity index (χ1n) is 7.96. The molecule has 0 radical (unpaired) electrons. The molecule has 1 heterocycles. The van der Waals surface area contributed by atoms with Crippen LogP contribution < -0.4 is 0 Å². The predicted octanol–water partition coefficient (Wildman–Crippen LogP) is 5.71. The smallest absolute Gasteiger partial charge is 0.186 e. The highest BCUT2D eigenvalue weighted by Gasteiger charge is 2.26. The van der Waals surface area contributed by atoms with E-state index < -0.39 is 0 Å². The SMILES string of the molecule is CSc1ccc(/C=C(/C(=O)C2SCCCS2)c2ccccc2)cc1. The average Bonchev–Trinajstić information content (AvgIpc) is 2.67. The number of carbonyl (C=O) groups excluding carboxylic acids is 1. The lowest BCUT2D eigenvalue weighted by Crippen LogP contribution is -2.19. The van der Waals surface area contributed by atoms with E-state index in [9.17, 15) is 4.79 Å². The van der Waals surface area contributed by atoms with Gasteiger partial charge in [0.15, 0.2) is 5.78 Å². The molecule has 0 spiro atoms. The van der Waals surface area contributed by atoms with Gasteiger partial charge in [0.25, 0.3) is 0 Å². The van der Waals surface area contributed by atoms with Gasteiger partial charge in [-0.15, -0.1) is 35.3 Å². The summed E-state index contributed by atoms with van der Waals surface area (Å²) in [6, 6.07) is 18.4. The van der Waals surface area contributed by atoms with Crippen LogP contribution in [0.2, 0.25) is 0 Å². The number of hydrogen-bond donors (Lipinski definition) is 0. The fourth-order valence-corrected chi connectivity index (χ4v) is 5.71. The van der Waals surface area contributed by atoms with Crippen molar-refractivity contribution in [2.75, 3.05) is 17.8 Å². The molecule has 2 aromatic rings. The minimum atomic E-state index is 0.0238. The molecular weight excluding hydrogens is 352 g/mol. The Morgan fingerprint density at radius 2 is 1.71 bits per heavy atom. The lowest BCUT2D eigenvalue weighted by molar-refractivity contribution is -0.112. The van der Waals surface area contributed by atoms with E-state index in [1.807, 2.05) is 36.4 Å². The number of carbonyl (C=O) groups is 1. The summed E-state index contributed by atoms with van der Waals surface area (Å²) < 4.78 is 0.0238. The minimum Gasteiger partial charge on any atom is -0.292 e. The second-order valence-electron chi connectivity index (χ2n) is 5.49. The van der Waals surface area contributed by atoms with E-state index in [0.717, 1.165) is 28.2 Å². The van der Waals surface area contributed by atoms with Crippen molar-refractivity contribution in [2.24, 2.45) is 0 Å². The number of thioether (sulfide) groups is 3. The molecule has 124 valence electrons. The second-order valence-corrected chi connectivity index (χ2v) is 9.09. The summed E-state index contributed by atoms with van der Waals surface area (Å²) in [5.74, 6) is 2.40. The van der Waals surface area contributed by atoms with Gasteiger partial charge in [0, 0.05) is 10.5 Å². The van der Waals surface area contributed by atoms with Gasteiger partial charge in [-0.25, -0.2) is 0 Å². The van der Waals surface area contributed by atoms with E-state index in [1.54, 1.807) is 35.3 Å². The molecule has 0 saturated carbocycles. The molecule has 1 aliphatic heterocycles. The van der Waals surface area contributed by atoms with Gasteiger partial charge in [0.2, 0.25) is 0 Å². The fraction of sp³-hybridized carbons (Fsp3) is 0.250. The zero-order valence-corrected chi connectivity index (χ0v) is 16.1. The van der Waals surface area contributed by atoms with Crippen LogP contribution in [0.1, 0.15) is 17.5 Å². The third-order valence-corrected chi connectivity index (χ3v) is 7.46. The maximum absolute atomic E-state index is 13.1. The average molecular weight is 373 g/mol. The normalized spacial score (nSPS) is 16.1. The molecule has 24 heavy (non-hydrogen) atoms. The molecule has 1 fully saturated rings. The molecule has 0 aliphatic carbocycles. The number of ketones is 1. The maximum Gasteiger partial charge on any atom is 0.186 e. The molecule has 0 atom stereocenters. The third kappa shape index (κ3) is 4.50. The van der Waals surface area contributed by atoms with Gasteiger partial charge in [-0.05, 0) is 53.5 Å². The van der Waals surface area contributed by atoms with Crippen LogP contribution in [-0.4, -0.2) is 28.1 Å². The molecule has 0 aromatic heterocycles. The molecular formula is C20H20OS3. The molecule has 1 aliphatic rings. The molecule has 0 unspecified atom stereocenters. The summed E-state index contributed by atoms with van der Waals surface area (Å²) >= 11 is 5.29. The van der Waals surface area contributed by atoms with E-state index in [-0.39, 0.29) is 10.4 Å². The molecule has 1 saturated heterocycles. The summed E-state index contributed by atoms with van der Waals surface area (Å²) in [6.07, 6.45) is 5.30. The van der Waals surface area contributed by atoms with Gasteiger partial charge >= 0.3 is 0 Å². The highest BCUT2D eigenvalue weighted by atomic mass is 32.2. The molecule has 1 nitrogen and oxygen atoms in total. The van der Waals surface area contributed by atoms with Crippen LogP contribution in [0.3, 0.4) is 0 Å². The summed E-state index contributed by atoms with van der Waals surface area (Å²) in [6.45, 7) is 0. The lowest BCUT2D eigenvalue weighted by atomic mass is 9.99. The number of allylic oxidation sites excluding steroid dienone is 1. The standard InChI is InChI=1S/C20H20OS3/c1-22-17-10-8-15(9-11-17)14-18(16-6-3-2-4-7-16)19(21)20-23-12-5-13-24-20/h2-4,6-11,14,20H,5,12-13H2,1H3/b18-14+. The van der Waals surface area contributed by atoms with Crippen LogP contribution in [0.5, 0.6) is 0 Å². The predicted molar refractivity (Wildman–Crippen MR) is 111 cm³/mol. The highest BCUT2D eigenvalue weighted by Crippen LogP contribution is 2.35. The molecule has 4 heteroatoms. The second kappa shape index (κ2) is 8.84. The van der Waals surface area contributed by atoms with Crippen molar-refractivity contribution in [3.05, 3.63) is 65.7 Å². The maximum atomic E-state index is 13.1. The first-order chi connectivity index (χ1) is 11.8. The van der Waals surface area contributed by atoms with Crippen LogP contribution in [0.25, 0.3) is 11.6 Å². The molecule has 3 rings (SSSR count). The van der Waals surface area contributed by atoms with Gasteiger partial charge < -0.3 is 0 Å². The largest absolute Gasteiger partial charge is 0.292 e. The van der Waals surface area contributed by atoms with Gasteiger partial charge in [0.05, 0.1) is 0 Å². The van der Waals surface area contributed by atoms with Crippen molar-refractivity contribution in [1.29, 1.82) is 0 Å². The van der Waals surface area contributed by atoms with Crippen LogP contribution >= 0.6 is 35.3 Å². The Kier molecular flexibility index (Phi) is 6.52. The monoisotopic (exact) mass is 372 g/mol. The summed E-state index contributed by atoms with van der Waals surface area (Å²) in [7, 11) is 0.